The number of hydrogen-bond donors (Lipinski definition) is 2. The van der Waals surface area contributed by atoms with Gasteiger partial charge in [-0.2, -0.15) is 13.5 Å². The number of nitrogens with two attached hydrogens (primary N) is 1. The lowest BCUT2D eigenvalue weighted by Crippen LogP contribution is -2.47. The summed E-state index contributed by atoms with van der Waals surface area (Å²) in [4.78, 5) is 19.8. The van der Waals surface area contributed by atoms with E-state index in [2.05, 4.69) is 9.88 Å². The van der Waals surface area contributed by atoms with Crippen LogP contribution in [0.5, 0.6) is 0 Å². The number of aryl methyl sites for hydroxylation is 1. The molecule has 6 nitrogen and oxygen atoms in total. The van der Waals surface area contributed by atoms with Gasteiger partial charge >= 0.3 is 0 Å². The zero-order valence-electron chi connectivity index (χ0n) is 20.4. The lowest BCUT2D eigenvalue weighted by Gasteiger charge is -2.30. The van der Waals surface area contributed by atoms with Crippen LogP contribution in [0.1, 0.15) is 17.0 Å². The Morgan fingerprint density at radius 2 is 1.73 bits per heavy atom. The Labute approximate surface area is 227 Å². The number of amides is 1. The number of rotatable bonds is 6. The third-order valence-electron chi connectivity index (χ3n) is 6.40. The second kappa shape index (κ2) is 11.4. The molecule has 0 bridgehead atoms. The summed E-state index contributed by atoms with van der Waals surface area (Å²) in [5, 5.41) is 4.09. The molecule has 1 amide bonds. The van der Waals surface area contributed by atoms with Crippen molar-refractivity contribution in [2.24, 2.45) is 5.73 Å². The van der Waals surface area contributed by atoms with Gasteiger partial charge in [0.2, 0.25) is 5.91 Å². The molecule has 9 heteroatoms. The van der Waals surface area contributed by atoms with Crippen LogP contribution in [0.4, 0.5) is 15.9 Å². The molecule has 1 aliphatic heterocycles. The van der Waals surface area contributed by atoms with Crippen molar-refractivity contribution >= 4 is 42.5 Å². The summed E-state index contributed by atoms with van der Waals surface area (Å²) in [6.07, 6.45) is 0.480. The number of nitrogens with one attached hydrogen (secondary N) is 1. The van der Waals surface area contributed by atoms with Crippen molar-refractivity contribution in [1.82, 2.24) is 14.5 Å². The zero-order chi connectivity index (χ0) is 25.2. The second-order valence-corrected chi connectivity index (χ2v) is 9.51. The maximum atomic E-state index is 13.6. The van der Waals surface area contributed by atoms with Gasteiger partial charge in [0, 0.05) is 29.4 Å². The highest BCUT2D eigenvalue weighted by molar-refractivity contribution is 7.59. The van der Waals surface area contributed by atoms with Gasteiger partial charge in [0.1, 0.15) is 23.2 Å². The fraction of sp³-hybridized carbons (Fsp3) is 0.214. The molecule has 1 atom stereocenters. The number of nitrogens with zero attached hydrogens (tertiary/aromatic N) is 3. The lowest BCUT2D eigenvalue weighted by molar-refractivity contribution is -0.134. The van der Waals surface area contributed by atoms with E-state index in [0.717, 1.165) is 28.5 Å². The predicted octanol–water partition coefficient (Wildman–Crippen LogP) is 5.42. The van der Waals surface area contributed by atoms with Crippen molar-refractivity contribution in [3.8, 4) is 11.3 Å². The average Bonchev–Trinajstić information content (AvgIpc) is 3.24. The minimum atomic E-state index is -0.627. The van der Waals surface area contributed by atoms with Crippen LogP contribution in [-0.4, -0.2) is 32.9 Å². The number of anilines is 2. The molecule has 0 saturated carbocycles. The fourth-order valence-corrected chi connectivity index (χ4v) is 4.55. The highest BCUT2D eigenvalue weighted by Gasteiger charge is 2.29. The molecular formula is C28H29ClFN5OS. The Kier molecular flexibility index (Phi) is 8.22. The summed E-state index contributed by atoms with van der Waals surface area (Å²) >= 11 is 6.05. The van der Waals surface area contributed by atoms with Crippen LogP contribution < -0.4 is 11.1 Å². The first-order valence-corrected chi connectivity index (χ1v) is 12.2. The number of carbonyl (C=O) groups excluding carboxylic acids is 1. The Hall–Kier alpha value is -3.33. The highest BCUT2D eigenvalue weighted by atomic mass is 35.5. The quantitative estimate of drug-likeness (QED) is 0.344. The molecule has 1 aliphatic rings. The summed E-state index contributed by atoms with van der Waals surface area (Å²) < 4.78 is 15.7. The summed E-state index contributed by atoms with van der Waals surface area (Å²) in [6, 6.07) is 21.1. The monoisotopic (exact) mass is 537 g/mol. The van der Waals surface area contributed by atoms with E-state index in [0.29, 0.717) is 36.8 Å². The normalized spacial score (nSPS) is 13.5. The molecule has 192 valence electrons. The maximum Gasteiger partial charge on any atom is 0.240 e. The molecule has 0 saturated heterocycles. The van der Waals surface area contributed by atoms with Crippen LogP contribution in [-0.2, 0) is 24.3 Å². The first-order valence-electron chi connectivity index (χ1n) is 11.9. The number of imidazole rings is 1. The van der Waals surface area contributed by atoms with Gasteiger partial charge in [-0.3, -0.25) is 4.79 Å². The largest absolute Gasteiger partial charge is 0.340 e. The summed E-state index contributed by atoms with van der Waals surface area (Å²) in [6.45, 7) is 3.45. The summed E-state index contributed by atoms with van der Waals surface area (Å²) in [7, 11) is 0. The van der Waals surface area contributed by atoms with Gasteiger partial charge in [-0.05, 0) is 67.4 Å². The van der Waals surface area contributed by atoms with Crippen molar-refractivity contribution in [2.75, 3.05) is 11.9 Å². The van der Waals surface area contributed by atoms with Crippen molar-refractivity contribution in [1.29, 1.82) is 0 Å². The van der Waals surface area contributed by atoms with E-state index < -0.39 is 6.04 Å². The smallest absolute Gasteiger partial charge is 0.240 e. The molecule has 0 radical (unpaired) electrons. The molecule has 5 rings (SSSR count). The molecule has 37 heavy (non-hydrogen) atoms. The van der Waals surface area contributed by atoms with Gasteiger partial charge in [-0.15, -0.1) is 0 Å². The first kappa shape index (κ1) is 26.7. The molecule has 0 fully saturated rings. The number of fused-ring (bicyclic) bond motifs is 1. The first-order chi connectivity index (χ1) is 17.4. The number of hydrogen-bond acceptors (Lipinski definition) is 4. The summed E-state index contributed by atoms with van der Waals surface area (Å²) in [5.41, 5.74) is 10.8. The number of benzene rings is 3. The second-order valence-electron chi connectivity index (χ2n) is 9.07. The van der Waals surface area contributed by atoms with Crippen LogP contribution in [0.3, 0.4) is 0 Å². The van der Waals surface area contributed by atoms with Crippen LogP contribution in [0.25, 0.3) is 11.3 Å². The highest BCUT2D eigenvalue weighted by Crippen LogP contribution is 2.33. The van der Waals surface area contributed by atoms with E-state index in [1.165, 1.54) is 17.7 Å². The predicted molar refractivity (Wildman–Crippen MR) is 151 cm³/mol. The van der Waals surface area contributed by atoms with E-state index in [1.807, 2.05) is 55.5 Å². The molecule has 0 spiro atoms. The molecule has 0 unspecified atom stereocenters. The molecular weight excluding hydrogens is 509 g/mol. The van der Waals surface area contributed by atoms with Crippen LogP contribution in [0.2, 0.25) is 5.02 Å². The molecule has 2 heterocycles. The Morgan fingerprint density at radius 3 is 2.41 bits per heavy atom. The van der Waals surface area contributed by atoms with Gasteiger partial charge in [-0.25, -0.2) is 9.37 Å². The van der Waals surface area contributed by atoms with Crippen molar-refractivity contribution in [3.05, 3.63) is 101 Å². The number of aromatic nitrogens is 2. The number of halogens is 2. The van der Waals surface area contributed by atoms with E-state index in [4.69, 9.17) is 22.3 Å². The summed E-state index contributed by atoms with van der Waals surface area (Å²) in [5.74, 6) is 1.12. The number of carbonyl (C=O) groups is 1. The lowest BCUT2D eigenvalue weighted by atomic mass is 10.0. The third kappa shape index (κ3) is 5.98. The average molecular weight is 538 g/mol. The topological polar surface area (TPSA) is 76.2 Å². The zero-order valence-corrected chi connectivity index (χ0v) is 22.2. The van der Waals surface area contributed by atoms with Crippen molar-refractivity contribution in [2.45, 2.75) is 32.5 Å². The van der Waals surface area contributed by atoms with Crippen molar-refractivity contribution < 1.29 is 9.18 Å². The third-order valence-corrected chi connectivity index (χ3v) is 6.65. The van der Waals surface area contributed by atoms with E-state index >= 15 is 0 Å². The van der Waals surface area contributed by atoms with Crippen LogP contribution >= 0.6 is 25.1 Å². The minimum absolute atomic E-state index is 0. The standard InChI is InChI=1S/C28H27ClFN5O.H2S/c1-18-2-4-19(5-3-18)16-24(31)28(36)34-14-15-35-25(17-34)33-26(20-6-10-22(30)11-7-20)27(35)32-23-12-8-21(29)9-13-23;/h2-13,24,32H,14-17,31H2,1H3;1H2/t24-;/m0./s1. The van der Waals surface area contributed by atoms with Crippen LogP contribution in [0, 0.1) is 12.7 Å². The van der Waals surface area contributed by atoms with Gasteiger partial charge in [0.15, 0.2) is 0 Å². The maximum absolute atomic E-state index is 13.6. The molecule has 3 N–H and O–H groups in total. The molecule has 1 aromatic heterocycles. The van der Waals surface area contributed by atoms with Crippen molar-refractivity contribution in [3.63, 3.8) is 0 Å². The van der Waals surface area contributed by atoms with Crippen LogP contribution in [0.15, 0.2) is 72.8 Å². The Balaban J connectivity index is 0.00000320. The molecule has 0 aliphatic carbocycles. The molecule has 3 aromatic carbocycles. The van der Waals surface area contributed by atoms with E-state index in [1.54, 1.807) is 17.0 Å². The van der Waals surface area contributed by atoms with Gasteiger partial charge in [-0.1, -0.05) is 41.4 Å². The van der Waals surface area contributed by atoms with E-state index in [9.17, 15) is 9.18 Å². The Morgan fingerprint density at radius 1 is 1.05 bits per heavy atom. The minimum Gasteiger partial charge on any atom is -0.340 e. The van der Waals surface area contributed by atoms with Gasteiger partial charge < -0.3 is 20.5 Å². The van der Waals surface area contributed by atoms with E-state index in [-0.39, 0.29) is 25.2 Å². The Bertz CT molecular complexity index is 1370. The fourth-order valence-electron chi connectivity index (χ4n) is 4.42. The van der Waals surface area contributed by atoms with Gasteiger partial charge in [0.05, 0.1) is 12.6 Å². The van der Waals surface area contributed by atoms with Gasteiger partial charge in [0.25, 0.3) is 0 Å². The SMILES string of the molecule is Cc1ccc(C[C@H](N)C(=O)N2CCn3c(nc(-c4ccc(F)cc4)c3Nc3ccc(Cl)cc3)C2)cc1.S. The molecule has 4 aromatic rings.